The molecule has 20 heavy (non-hydrogen) atoms. The molecule has 0 saturated heterocycles. The molecular formula is C18H11BrO. The molecule has 0 amide bonds. The van der Waals surface area contributed by atoms with E-state index in [4.69, 9.17) is 4.42 Å². The molecule has 3 aromatic carbocycles. The third-order valence-corrected chi connectivity index (χ3v) is 4.36. The van der Waals surface area contributed by atoms with E-state index in [-0.39, 0.29) is 0 Å². The highest BCUT2D eigenvalue weighted by Gasteiger charge is 2.15. The molecule has 1 aromatic heterocycles. The number of fused-ring (bicyclic) bond motifs is 2. The summed E-state index contributed by atoms with van der Waals surface area (Å²) in [5.74, 6) is 0.892. The van der Waals surface area contributed by atoms with Crippen LogP contribution in [0, 0.1) is 0 Å². The SMILES string of the molecule is Brc1c(-c2cccc3ccccc23)oc2ccccc12. The summed E-state index contributed by atoms with van der Waals surface area (Å²) in [5, 5.41) is 3.53. The largest absolute Gasteiger partial charge is 0.455 e. The standard InChI is InChI=1S/C18H11BrO/c19-17-15-9-3-4-11-16(15)20-18(17)14-10-5-7-12-6-1-2-8-13(12)14/h1-11H. The monoisotopic (exact) mass is 322 g/mol. The lowest BCUT2D eigenvalue weighted by Crippen LogP contribution is -1.79. The van der Waals surface area contributed by atoms with Gasteiger partial charge in [-0.15, -0.1) is 0 Å². The molecule has 1 nitrogen and oxygen atoms in total. The van der Waals surface area contributed by atoms with Gasteiger partial charge in [-0.05, 0) is 38.8 Å². The predicted octanol–water partition coefficient (Wildman–Crippen LogP) is 6.02. The van der Waals surface area contributed by atoms with Crippen molar-refractivity contribution in [1.29, 1.82) is 0 Å². The maximum Gasteiger partial charge on any atom is 0.150 e. The van der Waals surface area contributed by atoms with Gasteiger partial charge in [0.15, 0.2) is 0 Å². The van der Waals surface area contributed by atoms with Crippen LogP contribution in [0.15, 0.2) is 75.6 Å². The second-order valence-corrected chi connectivity index (χ2v) is 5.56. The maximum atomic E-state index is 6.05. The van der Waals surface area contributed by atoms with Crippen LogP contribution >= 0.6 is 15.9 Å². The highest BCUT2D eigenvalue weighted by atomic mass is 79.9. The molecule has 0 saturated carbocycles. The number of halogens is 1. The number of para-hydroxylation sites is 1. The van der Waals surface area contributed by atoms with E-state index < -0.39 is 0 Å². The molecule has 0 aliphatic carbocycles. The number of furan rings is 1. The molecule has 0 N–H and O–H groups in total. The van der Waals surface area contributed by atoms with Gasteiger partial charge in [0.05, 0.1) is 4.47 Å². The first-order valence-corrected chi connectivity index (χ1v) is 7.29. The van der Waals surface area contributed by atoms with Crippen molar-refractivity contribution in [1.82, 2.24) is 0 Å². The molecule has 0 radical (unpaired) electrons. The summed E-state index contributed by atoms with van der Waals surface area (Å²) < 4.78 is 7.06. The minimum absolute atomic E-state index is 0.892. The van der Waals surface area contributed by atoms with Crippen LogP contribution in [-0.4, -0.2) is 0 Å². The predicted molar refractivity (Wildman–Crippen MR) is 86.9 cm³/mol. The van der Waals surface area contributed by atoms with Gasteiger partial charge in [0, 0.05) is 10.9 Å². The number of benzene rings is 3. The van der Waals surface area contributed by atoms with Crippen molar-refractivity contribution in [2.45, 2.75) is 0 Å². The second kappa shape index (κ2) is 4.50. The first-order valence-electron chi connectivity index (χ1n) is 6.50. The lowest BCUT2D eigenvalue weighted by molar-refractivity contribution is 0.630. The normalized spacial score (nSPS) is 11.2. The summed E-state index contributed by atoms with van der Waals surface area (Å²) in [6.45, 7) is 0. The van der Waals surface area contributed by atoms with E-state index in [1.165, 1.54) is 10.8 Å². The van der Waals surface area contributed by atoms with Gasteiger partial charge in [0.2, 0.25) is 0 Å². The molecule has 0 spiro atoms. The fraction of sp³-hybridized carbons (Fsp3) is 0. The van der Waals surface area contributed by atoms with Crippen LogP contribution in [0.25, 0.3) is 33.1 Å². The average molecular weight is 323 g/mol. The Labute approximate surface area is 125 Å². The minimum atomic E-state index is 0.892. The summed E-state index contributed by atoms with van der Waals surface area (Å²) in [5.41, 5.74) is 2.02. The zero-order chi connectivity index (χ0) is 13.5. The van der Waals surface area contributed by atoms with Gasteiger partial charge in [-0.3, -0.25) is 0 Å². The van der Waals surface area contributed by atoms with E-state index in [1.807, 2.05) is 18.2 Å². The zero-order valence-corrected chi connectivity index (χ0v) is 12.2. The Morgan fingerprint density at radius 2 is 1.40 bits per heavy atom. The first-order chi connectivity index (χ1) is 9.84. The molecule has 2 heteroatoms. The average Bonchev–Trinajstić information content (AvgIpc) is 2.84. The molecule has 4 rings (SSSR count). The van der Waals surface area contributed by atoms with Gasteiger partial charge in [-0.1, -0.05) is 54.6 Å². The molecule has 96 valence electrons. The third kappa shape index (κ3) is 1.69. The van der Waals surface area contributed by atoms with E-state index in [0.717, 1.165) is 26.8 Å². The van der Waals surface area contributed by atoms with Gasteiger partial charge in [0.1, 0.15) is 11.3 Å². The van der Waals surface area contributed by atoms with Crippen LogP contribution in [0.2, 0.25) is 0 Å². The van der Waals surface area contributed by atoms with Crippen LogP contribution in [0.5, 0.6) is 0 Å². The van der Waals surface area contributed by atoms with Crippen molar-refractivity contribution in [3.8, 4) is 11.3 Å². The highest BCUT2D eigenvalue weighted by molar-refractivity contribution is 9.10. The Morgan fingerprint density at radius 1 is 0.700 bits per heavy atom. The molecule has 1 heterocycles. The number of hydrogen-bond donors (Lipinski definition) is 0. The minimum Gasteiger partial charge on any atom is -0.455 e. The fourth-order valence-electron chi connectivity index (χ4n) is 2.61. The summed E-state index contributed by atoms with van der Waals surface area (Å²) in [6, 6.07) is 22.7. The first kappa shape index (κ1) is 11.7. The van der Waals surface area contributed by atoms with Crippen molar-refractivity contribution in [2.75, 3.05) is 0 Å². The van der Waals surface area contributed by atoms with Crippen LogP contribution in [0.4, 0.5) is 0 Å². The number of hydrogen-bond acceptors (Lipinski definition) is 1. The van der Waals surface area contributed by atoms with E-state index in [2.05, 4.69) is 64.5 Å². The number of rotatable bonds is 1. The van der Waals surface area contributed by atoms with Crippen LogP contribution in [0.1, 0.15) is 0 Å². The van der Waals surface area contributed by atoms with E-state index >= 15 is 0 Å². The lowest BCUT2D eigenvalue weighted by Gasteiger charge is -2.04. The Kier molecular flexibility index (Phi) is 2.64. The fourth-order valence-corrected chi connectivity index (χ4v) is 3.23. The molecule has 0 fully saturated rings. The van der Waals surface area contributed by atoms with E-state index in [0.29, 0.717) is 0 Å². The maximum absolute atomic E-state index is 6.05. The molecule has 0 atom stereocenters. The quantitative estimate of drug-likeness (QED) is 0.418. The van der Waals surface area contributed by atoms with E-state index in [1.54, 1.807) is 0 Å². The van der Waals surface area contributed by atoms with Gasteiger partial charge >= 0.3 is 0 Å². The van der Waals surface area contributed by atoms with Crippen molar-refractivity contribution in [2.24, 2.45) is 0 Å². The van der Waals surface area contributed by atoms with Crippen LogP contribution < -0.4 is 0 Å². The Balaban J connectivity index is 2.09. The second-order valence-electron chi connectivity index (χ2n) is 4.77. The smallest absolute Gasteiger partial charge is 0.150 e. The zero-order valence-electron chi connectivity index (χ0n) is 10.6. The van der Waals surface area contributed by atoms with Crippen molar-refractivity contribution in [3.63, 3.8) is 0 Å². The van der Waals surface area contributed by atoms with Gasteiger partial charge < -0.3 is 4.42 Å². The highest BCUT2D eigenvalue weighted by Crippen LogP contribution is 2.40. The molecular weight excluding hydrogens is 312 g/mol. The van der Waals surface area contributed by atoms with Gasteiger partial charge in [0.25, 0.3) is 0 Å². The van der Waals surface area contributed by atoms with Crippen LogP contribution in [0.3, 0.4) is 0 Å². The lowest BCUT2D eigenvalue weighted by atomic mass is 10.0. The molecule has 0 aliphatic rings. The van der Waals surface area contributed by atoms with Crippen LogP contribution in [-0.2, 0) is 0 Å². The Morgan fingerprint density at radius 3 is 2.25 bits per heavy atom. The molecule has 0 aliphatic heterocycles. The van der Waals surface area contributed by atoms with Crippen molar-refractivity contribution >= 4 is 37.7 Å². The Hall–Kier alpha value is -2.06. The molecule has 0 unspecified atom stereocenters. The van der Waals surface area contributed by atoms with E-state index in [9.17, 15) is 0 Å². The van der Waals surface area contributed by atoms with Crippen molar-refractivity contribution in [3.05, 3.63) is 71.2 Å². The summed E-state index contributed by atoms with van der Waals surface area (Å²) >= 11 is 3.68. The molecule has 0 bridgehead atoms. The van der Waals surface area contributed by atoms with Gasteiger partial charge in [-0.2, -0.15) is 0 Å². The summed E-state index contributed by atoms with van der Waals surface area (Å²) in [7, 11) is 0. The Bertz CT molecular complexity index is 916. The summed E-state index contributed by atoms with van der Waals surface area (Å²) in [4.78, 5) is 0. The molecule has 4 aromatic rings. The van der Waals surface area contributed by atoms with Crippen molar-refractivity contribution < 1.29 is 4.42 Å². The summed E-state index contributed by atoms with van der Waals surface area (Å²) in [6.07, 6.45) is 0. The van der Waals surface area contributed by atoms with Gasteiger partial charge in [-0.25, -0.2) is 0 Å². The third-order valence-electron chi connectivity index (χ3n) is 3.57. The topological polar surface area (TPSA) is 13.1 Å².